The first kappa shape index (κ1) is 22.8. The van der Waals surface area contributed by atoms with Crippen molar-refractivity contribution in [2.45, 2.75) is 13.5 Å². The number of carbonyl (C=O) groups excluding carboxylic acids is 2. The van der Waals surface area contributed by atoms with Crippen LogP contribution in [0.25, 0.3) is 0 Å². The third-order valence-corrected chi connectivity index (χ3v) is 4.34. The lowest BCUT2D eigenvalue weighted by molar-refractivity contribution is -0.384. The molecule has 0 unspecified atom stereocenters. The molecule has 0 bridgehead atoms. The number of rotatable bonds is 10. The average Bonchev–Trinajstić information content (AvgIpc) is 2.73. The van der Waals surface area contributed by atoms with E-state index < -0.39 is 17.5 Å². The Bertz CT molecular complexity index is 898. The predicted octanol–water partition coefficient (Wildman–Crippen LogP) is 2.78. The largest absolute Gasteiger partial charge is 0.452 e. The van der Waals surface area contributed by atoms with E-state index in [0.29, 0.717) is 19.7 Å². The summed E-state index contributed by atoms with van der Waals surface area (Å²) in [6, 6.07) is 11.7. The van der Waals surface area contributed by atoms with Crippen LogP contribution in [-0.2, 0) is 20.8 Å². The molecule has 2 aromatic carbocycles. The van der Waals surface area contributed by atoms with Crippen molar-refractivity contribution in [1.29, 1.82) is 0 Å². The van der Waals surface area contributed by atoms with E-state index in [-0.39, 0.29) is 22.8 Å². The highest BCUT2D eigenvalue weighted by Gasteiger charge is 2.19. The second-order valence-electron chi connectivity index (χ2n) is 6.72. The summed E-state index contributed by atoms with van der Waals surface area (Å²) < 4.78 is 9.95. The topological polar surface area (TPSA) is 111 Å². The summed E-state index contributed by atoms with van der Waals surface area (Å²) in [6.45, 7) is 2.65. The fourth-order valence-corrected chi connectivity index (χ4v) is 2.62. The number of esters is 1. The van der Waals surface area contributed by atoms with Crippen LogP contribution in [0, 0.1) is 17.0 Å². The highest BCUT2D eigenvalue weighted by Crippen LogP contribution is 2.25. The van der Waals surface area contributed by atoms with Gasteiger partial charge in [-0.15, -0.1) is 0 Å². The molecule has 30 heavy (non-hydrogen) atoms. The van der Waals surface area contributed by atoms with E-state index in [1.165, 1.54) is 24.1 Å². The summed E-state index contributed by atoms with van der Waals surface area (Å²) in [5.41, 5.74) is 2.07. The van der Waals surface area contributed by atoms with E-state index in [1.54, 1.807) is 7.05 Å². The lowest BCUT2D eigenvalue weighted by Gasteiger charge is -2.17. The minimum absolute atomic E-state index is 0.00650. The number of carbonyl (C=O) groups is 2. The van der Waals surface area contributed by atoms with Crippen LogP contribution in [0.4, 0.5) is 11.4 Å². The third kappa shape index (κ3) is 6.56. The first-order valence-corrected chi connectivity index (χ1v) is 9.29. The van der Waals surface area contributed by atoms with Gasteiger partial charge < -0.3 is 19.7 Å². The van der Waals surface area contributed by atoms with Gasteiger partial charge in [-0.05, 0) is 24.6 Å². The van der Waals surface area contributed by atoms with Crippen molar-refractivity contribution in [2.75, 3.05) is 39.2 Å². The molecule has 0 aromatic heterocycles. The van der Waals surface area contributed by atoms with Gasteiger partial charge in [0.2, 0.25) is 0 Å². The Morgan fingerprint density at radius 3 is 2.50 bits per heavy atom. The number of nitro benzene ring substituents is 1. The predicted molar refractivity (Wildman–Crippen MR) is 111 cm³/mol. The summed E-state index contributed by atoms with van der Waals surface area (Å²) in [5.74, 6) is -1.19. The molecule has 0 aliphatic rings. The van der Waals surface area contributed by atoms with Gasteiger partial charge in [0.1, 0.15) is 5.69 Å². The summed E-state index contributed by atoms with van der Waals surface area (Å²) in [5, 5.41) is 14.2. The number of hydrogen-bond donors (Lipinski definition) is 1. The Kier molecular flexibility index (Phi) is 8.30. The quantitative estimate of drug-likeness (QED) is 0.275. The molecule has 0 fully saturated rings. The maximum atomic E-state index is 12.3. The number of benzene rings is 2. The van der Waals surface area contributed by atoms with E-state index in [9.17, 15) is 19.7 Å². The molecule has 9 nitrogen and oxygen atoms in total. The lowest BCUT2D eigenvalue weighted by atomic mass is 10.1. The van der Waals surface area contributed by atoms with E-state index in [0.717, 1.165) is 17.2 Å². The Balaban J connectivity index is 1.96. The van der Waals surface area contributed by atoms with Crippen molar-refractivity contribution in [3.63, 3.8) is 0 Å². The number of likely N-dealkylation sites (N-methyl/N-ethyl adjacent to an activating group) is 1. The molecule has 0 radical (unpaired) electrons. The van der Waals surface area contributed by atoms with Crippen molar-refractivity contribution in [1.82, 2.24) is 4.90 Å². The number of methoxy groups -OCH3 is 1. The van der Waals surface area contributed by atoms with Crippen molar-refractivity contribution in [3.05, 3.63) is 69.3 Å². The number of aryl methyl sites for hydroxylation is 1. The van der Waals surface area contributed by atoms with E-state index >= 15 is 0 Å². The Labute approximate surface area is 174 Å². The van der Waals surface area contributed by atoms with Gasteiger partial charge in [0.05, 0.1) is 17.1 Å². The first-order valence-electron chi connectivity index (χ1n) is 9.29. The van der Waals surface area contributed by atoms with Crippen LogP contribution in [0.5, 0.6) is 0 Å². The zero-order valence-corrected chi connectivity index (χ0v) is 17.2. The Hall–Kier alpha value is -3.46. The standard InChI is InChI=1S/C21H25N3O6/c1-15-4-6-16(7-5-15)13-23(2)20(25)14-30-21(26)17-8-9-18(22-10-11-29-3)19(12-17)24(27)28/h4-9,12,22H,10-11,13-14H2,1-3H3. The molecule has 0 saturated carbocycles. The Morgan fingerprint density at radius 2 is 1.87 bits per heavy atom. The highest BCUT2D eigenvalue weighted by molar-refractivity contribution is 5.93. The number of ether oxygens (including phenoxy) is 2. The van der Waals surface area contributed by atoms with Gasteiger partial charge in [-0.2, -0.15) is 0 Å². The fourth-order valence-electron chi connectivity index (χ4n) is 2.62. The van der Waals surface area contributed by atoms with Crippen LogP contribution in [-0.4, -0.2) is 55.6 Å². The molecule has 9 heteroatoms. The summed E-state index contributed by atoms with van der Waals surface area (Å²) in [6.07, 6.45) is 0. The zero-order valence-electron chi connectivity index (χ0n) is 17.2. The molecule has 0 spiro atoms. The molecule has 0 atom stereocenters. The second-order valence-corrected chi connectivity index (χ2v) is 6.72. The van der Waals surface area contributed by atoms with Crippen LogP contribution in [0.1, 0.15) is 21.5 Å². The molecule has 2 aromatic rings. The molecule has 0 saturated heterocycles. The minimum atomic E-state index is -0.807. The van der Waals surface area contributed by atoms with Crippen LogP contribution < -0.4 is 5.32 Å². The van der Waals surface area contributed by atoms with Crippen molar-refractivity contribution in [2.24, 2.45) is 0 Å². The molecular weight excluding hydrogens is 390 g/mol. The highest BCUT2D eigenvalue weighted by atomic mass is 16.6. The average molecular weight is 415 g/mol. The zero-order chi connectivity index (χ0) is 22.1. The van der Waals surface area contributed by atoms with Gasteiger partial charge in [0.25, 0.3) is 11.6 Å². The first-order chi connectivity index (χ1) is 14.3. The molecular formula is C21H25N3O6. The van der Waals surface area contributed by atoms with Crippen molar-refractivity contribution < 1.29 is 24.0 Å². The van der Waals surface area contributed by atoms with Crippen LogP contribution >= 0.6 is 0 Å². The van der Waals surface area contributed by atoms with Gasteiger partial charge in [0, 0.05) is 33.3 Å². The molecule has 0 aliphatic carbocycles. The van der Waals surface area contributed by atoms with Crippen molar-refractivity contribution >= 4 is 23.3 Å². The SMILES string of the molecule is COCCNc1ccc(C(=O)OCC(=O)N(C)Cc2ccc(C)cc2)cc1[N+](=O)[O-]. The van der Waals surface area contributed by atoms with E-state index in [1.807, 2.05) is 31.2 Å². The van der Waals surface area contributed by atoms with Crippen LogP contribution in [0.15, 0.2) is 42.5 Å². The number of hydrogen-bond acceptors (Lipinski definition) is 7. The normalized spacial score (nSPS) is 10.4. The van der Waals surface area contributed by atoms with Crippen LogP contribution in [0.2, 0.25) is 0 Å². The number of amides is 1. The molecule has 2 rings (SSSR count). The molecule has 160 valence electrons. The molecule has 1 amide bonds. The summed E-state index contributed by atoms with van der Waals surface area (Å²) in [7, 11) is 3.13. The van der Waals surface area contributed by atoms with Gasteiger partial charge in [-0.25, -0.2) is 4.79 Å². The number of nitrogens with zero attached hydrogens (tertiary/aromatic N) is 2. The molecule has 0 heterocycles. The maximum absolute atomic E-state index is 12.3. The Morgan fingerprint density at radius 1 is 1.17 bits per heavy atom. The number of nitrogens with one attached hydrogen (secondary N) is 1. The van der Waals surface area contributed by atoms with Crippen molar-refractivity contribution in [3.8, 4) is 0 Å². The number of anilines is 1. The third-order valence-electron chi connectivity index (χ3n) is 4.34. The van der Waals surface area contributed by atoms with E-state index in [2.05, 4.69) is 5.32 Å². The van der Waals surface area contributed by atoms with Gasteiger partial charge >= 0.3 is 5.97 Å². The van der Waals surface area contributed by atoms with Gasteiger partial charge in [-0.3, -0.25) is 14.9 Å². The monoisotopic (exact) mass is 415 g/mol. The summed E-state index contributed by atoms with van der Waals surface area (Å²) in [4.78, 5) is 36.7. The van der Waals surface area contributed by atoms with Gasteiger partial charge in [0.15, 0.2) is 6.61 Å². The lowest BCUT2D eigenvalue weighted by Crippen LogP contribution is -2.30. The fraction of sp³-hybridized carbons (Fsp3) is 0.333. The summed E-state index contributed by atoms with van der Waals surface area (Å²) >= 11 is 0. The van der Waals surface area contributed by atoms with E-state index in [4.69, 9.17) is 9.47 Å². The molecule has 0 aliphatic heterocycles. The molecule has 1 N–H and O–H groups in total. The maximum Gasteiger partial charge on any atom is 0.338 e. The smallest absolute Gasteiger partial charge is 0.338 e. The number of nitro groups is 1. The van der Waals surface area contributed by atoms with Gasteiger partial charge in [-0.1, -0.05) is 29.8 Å². The van der Waals surface area contributed by atoms with Crippen LogP contribution in [0.3, 0.4) is 0 Å². The second kappa shape index (κ2) is 10.9. The minimum Gasteiger partial charge on any atom is -0.452 e.